The molecule has 34 heavy (non-hydrogen) atoms. The molecule has 10 heteroatoms. The minimum Gasteiger partial charge on any atom is -0.487 e. The van der Waals surface area contributed by atoms with Crippen LogP contribution in [0.15, 0.2) is 66.2 Å². The Morgan fingerprint density at radius 1 is 0.882 bits per heavy atom. The van der Waals surface area contributed by atoms with Crippen LogP contribution in [0.4, 0.5) is 10.5 Å². The van der Waals surface area contributed by atoms with Crippen molar-refractivity contribution >= 4 is 98.0 Å². The minimum absolute atomic E-state index is 0.156. The Balaban J connectivity index is 1.60. The van der Waals surface area contributed by atoms with Crippen LogP contribution in [0.5, 0.6) is 5.75 Å². The van der Waals surface area contributed by atoms with Crippen molar-refractivity contribution in [3.8, 4) is 5.75 Å². The highest BCUT2D eigenvalue weighted by atomic mass is 127. The maximum absolute atomic E-state index is 13.1. The number of imide groups is 2. The Labute approximate surface area is 232 Å². The highest BCUT2D eigenvalue weighted by Gasteiger charge is 2.36. The molecule has 4 rings (SSSR count). The zero-order valence-electron chi connectivity index (χ0n) is 17.2. The van der Waals surface area contributed by atoms with Gasteiger partial charge in [-0.15, -0.1) is 0 Å². The number of ether oxygens (including phenoxy) is 1. The number of barbiturate groups is 1. The Bertz CT molecular complexity index is 1300. The fourth-order valence-electron chi connectivity index (χ4n) is 3.19. The second kappa shape index (κ2) is 10.6. The average molecular weight is 719 g/mol. The van der Waals surface area contributed by atoms with Crippen molar-refractivity contribution in [1.82, 2.24) is 5.32 Å². The molecule has 0 radical (unpaired) electrons. The molecule has 6 nitrogen and oxygen atoms in total. The first-order valence-corrected chi connectivity index (χ1v) is 12.7. The van der Waals surface area contributed by atoms with E-state index in [1.54, 1.807) is 36.4 Å². The number of hydrogen-bond acceptors (Lipinski definition) is 4. The van der Waals surface area contributed by atoms with Gasteiger partial charge in [-0.3, -0.25) is 14.9 Å². The van der Waals surface area contributed by atoms with Crippen LogP contribution in [0.2, 0.25) is 10.0 Å². The number of carbonyl (C=O) groups excluding carboxylic acids is 3. The third-order valence-corrected chi connectivity index (χ3v) is 6.92. The smallest absolute Gasteiger partial charge is 0.335 e. The maximum Gasteiger partial charge on any atom is 0.335 e. The van der Waals surface area contributed by atoms with E-state index in [4.69, 9.17) is 27.9 Å². The largest absolute Gasteiger partial charge is 0.487 e. The first-order valence-electron chi connectivity index (χ1n) is 9.76. The van der Waals surface area contributed by atoms with Gasteiger partial charge in [-0.1, -0.05) is 35.3 Å². The van der Waals surface area contributed by atoms with Crippen LogP contribution in [0.3, 0.4) is 0 Å². The lowest BCUT2D eigenvalue weighted by Gasteiger charge is -2.26. The van der Waals surface area contributed by atoms with Crippen molar-refractivity contribution in [2.24, 2.45) is 0 Å². The highest BCUT2D eigenvalue weighted by molar-refractivity contribution is 14.1. The number of benzene rings is 3. The number of halogens is 4. The Kier molecular flexibility index (Phi) is 7.80. The maximum atomic E-state index is 13.1. The molecule has 0 unspecified atom stereocenters. The first-order chi connectivity index (χ1) is 16.2. The summed E-state index contributed by atoms with van der Waals surface area (Å²) in [7, 11) is 0. The van der Waals surface area contributed by atoms with Gasteiger partial charge in [0.15, 0.2) is 0 Å². The molecule has 0 aliphatic carbocycles. The molecule has 172 valence electrons. The number of nitrogens with zero attached hydrogens (tertiary/aromatic N) is 1. The minimum atomic E-state index is -0.815. The van der Waals surface area contributed by atoms with Crippen LogP contribution >= 0.6 is 68.4 Å². The number of urea groups is 1. The third kappa shape index (κ3) is 5.56. The fourth-order valence-corrected chi connectivity index (χ4v) is 5.57. The molecular formula is C24H14Cl2I2N2O4. The van der Waals surface area contributed by atoms with E-state index in [0.717, 1.165) is 17.6 Å². The van der Waals surface area contributed by atoms with Crippen molar-refractivity contribution in [2.45, 2.75) is 6.61 Å². The molecule has 1 aliphatic heterocycles. The van der Waals surface area contributed by atoms with Crippen molar-refractivity contribution in [3.05, 3.63) is 94.5 Å². The molecular weight excluding hydrogens is 705 g/mol. The van der Waals surface area contributed by atoms with Crippen molar-refractivity contribution in [1.29, 1.82) is 0 Å². The monoisotopic (exact) mass is 718 g/mol. The van der Waals surface area contributed by atoms with Gasteiger partial charge in [0, 0.05) is 10.0 Å². The van der Waals surface area contributed by atoms with Gasteiger partial charge in [-0.25, -0.2) is 9.69 Å². The Morgan fingerprint density at radius 2 is 1.44 bits per heavy atom. The lowest BCUT2D eigenvalue weighted by Crippen LogP contribution is -2.54. The highest BCUT2D eigenvalue weighted by Crippen LogP contribution is 2.31. The summed E-state index contributed by atoms with van der Waals surface area (Å²) in [6.45, 7) is 0.364. The number of hydrogen-bond donors (Lipinski definition) is 1. The van der Waals surface area contributed by atoms with Gasteiger partial charge < -0.3 is 4.74 Å². The van der Waals surface area contributed by atoms with E-state index in [2.05, 4.69) is 50.5 Å². The predicted molar refractivity (Wildman–Crippen MR) is 148 cm³/mol. The molecule has 1 heterocycles. The van der Waals surface area contributed by atoms with E-state index >= 15 is 0 Å². The molecule has 0 atom stereocenters. The summed E-state index contributed by atoms with van der Waals surface area (Å²) in [5.41, 5.74) is 1.74. The van der Waals surface area contributed by atoms with E-state index in [-0.39, 0.29) is 5.57 Å². The number of rotatable bonds is 5. The summed E-state index contributed by atoms with van der Waals surface area (Å²) in [5.74, 6) is -0.784. The Morgan fingerprint density at radius 3 is 2.03 bits per heavy atom. The van der Waals surface area contributed by atoms with Crippen LogP contribution in [0.25, 0.3) is 6.08 Å². The predicted octanol–water partition coefficient (Wildman–Crippen LogP) is 6.45. The molecule has 3 aromatic carbocycles. The SMILES string of the molecule is O=C1NC(=O)N(c2ccc(Cl)cc2)C(=O)/C1=C/c1cc(I)c(OCc2ccc(Cl)cc2)c(I)c1. The van der Waals surface area contributed by atoms with Gasteiger partial charge in [0.2, 0.25) is 0 Å². The molecule has 1 aliphatic rings. The van der Waals surface area contributed by atoms with Crippen molar-refractivity contribution < 1.29 is 19.1 Å². The molecule has 1 saturated heterocycles. The summed E-state index contributed by atoms with van der Waals surface area (Å²) < 4.78 is 7.60. The second-order valence-corrected chi connectivity index (χ2v) is 10.4. The van der Waals surface area contributed by atoms with Crippen LogP contribution in [0.1, 0.15) is 11.1 Å². The van der Waals surface area contributed by atoms with Gasteiger partial charge in [0.25, 0.3) is 11.8 Å². The van der Waals surface area contributed by atoms with Gasteiger partial charge in [0.05, 0.1) is 12.8 Å². The molecule has 1 fully saturated rings. The van der Waals surface area contributed by atoms with Gasteiger partial charge >= 0.3 is 6.03 Å². The summed E-state index contributed by atoms with van der Waals surface area (Å²) in [5, 5.41) is 3.33. The van der Waals surface area contributed by atoms with Crippen LogP contribution in [-0.2, 0) is 16.2 Å². The molecule has 3 aromatic rings. The van der Waals surface area contributed by atoms with E-state index in [1.807, 2.05) is 12.1 Å². The van der Waals surface area contributed by atoms with E-state index in [1.165, 1.54) is 18.2 Å². The van der Waals surface area contributed by atoms with Crippen LogP contribution in [0, 0.1) is 7.14 Å². The standard InChI is InChI=1S/C24H14Cl2I2N2O4/c25-15-3-1-13(2-4-15)12-34-21-19(27)10-14(11-20(21)28)9-18-22(31)29-24(33)30(23(18)32)17-7-5-16(26)6-8-17/h1-11H,12H2,(H,29,31,33)/b18-9+. The number of amides is 4. The molecule has 1 N–H and O–H groups in total. The number of nitrogens with one attached hydrogen (secondary N) is 1. The van der Waals surface area contributed by atoms with Crippen LogP contribution < -0.4 is 15.0 Å². The molecule has 0 bridgehead atoms. The zero-order valence-corrected chi connectivity index (χ0v) is 23.0. The quantitative estimate of drug-likeness (QED) is 0.187. The van der Waals surface area contributed by atoms with E-state index in [9.17, 15) is 14.4 Å². The van der Waals surface area contributed by atoms with Gasteiger partial charge in [-0.2, -0.15) is 0 Å². The van der Waals surface area contributed by atoms with E-state index < -0.39 is 17.8 Å². The molecule has 4 amide bonds. The molecule has 0 spiro atoms. The number of anilines is 1. The summed E-state index contributed by atoms with van der Waals surface area (Å²) in [6.07, 6.45) is 1.46. The lowest BCUT2D eigenvalue weighted by molar-refractivity contribution is -0.122. The summed E-state index contributed by atoms with van der Waals surface area (Å²) in [4.78, 5) is 38.8. The second-order valence-electron chi connectivity index (χ2n) is 7.16. The number of carbonyl (C=O) groups is 3. The lowest BCUT2D eigenvalue weighted by atomic mass is 10.1. The van der Waals surface area contributed by atoms with E-state index in [0.29, 0.717) is 33.7 Å². The third-order valence-electron chi connectivity index (χ3n) is 4.81. The topological polar surface area (TPSA) is 75.7 Å². The Hall–Kier alpha value is -2.15. The summed E-state index contributed by atoms with van der Waals surface area (Å²) in [6, 6.07) is 16.4. The normalized spacial score (nSPS) is 15.0. The van der Waals surface area contributed by atoms with Gasteiger partial charge in [-0.05, 0) is 111 Å². The zero-order chi connectivity index (χ0) is 24.4. The van der Waals surface area contributed by atoms with Crippen molar-refractivity contribution in [3.63, 3.8) is 0 Å². The molecule has 0 aromatic heterocycles. The van der Waals surface area contributed by atoms with Crippen LogP contribution in [-0.4, -0.2) is 17.8 Å². The van der Waals surface area contributed by atoms with Gasteiger partial charge in [0.1, 0.15) is 17.9 Å². The van der Waals surface area contributed by atoms with Crippen molar-refractivity contribution in [2.75, 3.05) is 4.90 Å². The summed E-state index contributed by atoms with van der Waals surface area (Å²) >= 11 is 16.1. The molecule has 0 saturated carbocycles. The average Bonchev–Trinajstić information content (AvgIpc) is 2.78. The first kappa shape index (κ1) is 25.0. The fraction of sp³-hybridized carbons (Fsp3) is 0.0417.